The molecule has 128 valence electrons. The van der Waals surface area contributed by atoms with Crippen molar-refractivity contribution in [2.45, 2.75) is 37.1 Å². The number of rotatable bonds is 7. The number of ether oxygens (including phenoxy) is 1. The van der Waals surface area contributed by atoms with Crippen LogP contribution >= 0.6 is 23.4 Å². The van der Waals surface area contributed by atoms with Crippen LogP contribution in [-0.2, 0) is 11.8 Å². The Labute approximate surface area is 149 Å². The van der Waals surface area contributed by atoms with Gasteiger partial charge in [-0.25, -0.2) is 0 Å². The number of carbonyl (C=O) groups excluding carboxylic acids is 1. The minimum atomic E-state index is -0.282. The molecular formula is C16H19ClN4O2S. The maximum atomic E-state index is 11.8. The van der Waals surface area contributed by atoms with Crippen LogP contribution in [0, 0.1) is 0 Å². The van der Waals surface area contributed by atoms with Crippen molar-refractivity contribution in [1.29, 1.82) is 0 Å². The second-order valence-corrected chi connectivity index (χ2v) is 7.13. The molecule has 0 spiro atoms. The van der Waals surface area contributed by atoms with E-state index in [0.717, 1.165) is 12.8 Å². The molecule has 2 aromatic rings. The molecule has 1 amide bonds. The van der Waals surface area contributed by atoms with Crippen LogP contribution in [0.1, 0.15) is 31.7 Å². The van der Waals surface area contributed by atoms with Gasteiger partial charge in [-0.2, -0.15) is 0 Å². The number of benzene rings is 1. The van der Waals surface area contributed by atoms with Gasteiger partial charge < -0.3 is 14.6 Å². The van der Waals surface area contributed by atoms with Gasteiger partial charge in [0, 0.05) is 18.1 Å². The molecule has 8 heteroatoms. The largest absolute Gasteiger partial charge is 0.483 e. The lowest BCUT2D eigenvalue weighted by Crippen LogP contribution is -2.27. The molecule has 3 rings (SSSR count). The maximum absolute atomic E-state index is 11.8. The zero-order valence-electron chi connectivity index (χ0n) is 13.5. The van der Waals surface area contributed by atoms with Gasteiger partial charge in [0.05, 0.1) is 5.75 Å². The molecule has 1 aromatic carbocycles. The molecule has 24 heavy (non-hydrogen) atoms. The highest BCUT2D eigenvalue weighted by Gasteiger charge is 2.24. The summed E-state index contributed by atoms with van der Waals surface area (Å²) in [5.74, 6) is 1.75. The van der Waals surface area contributed by atoms with Crippen molar-refractivity contribution in [2.75, 3.05) is 5.75 Å². The summed E-state index contributed by atoms with van der Waals surface area (Å²) in [7, 11) is 1.87. The second-order valence-electron chi connectivity index (χ2n) is 5.75. The Morgan fingerprint density at radius 1 is 1.50 bits per heavy atom. The van der Waals surface area contributed by atoms with Crippen molar-refractivity contribution < 1.29 is 9.53 Å². The fraction of sp³-hybridized carbons (Fsp3) is 0.438. The number of carbonyl (C=O) groups is 1. The third-order valence-electron chi connectivity index (χ3n) is 3.62. The summed E-state index contributed by atoms with van der Waals surface area (Å²) in [5, 5.41) is 12.6. The minimum absolute atomic E-state index is 0.0373. The van der Waals surface area contributed by atoms with Crippen molar-refractivity contribution in [3.05, 3.63) is 35.1 Å². The molecule has 1 atom stereocenters. The molecule has 1 aliphatic carbocycles. The van der Waals surface area contributed by atoms with Crippen LogP contribution in [-0.4, -0.2) is 32.5 Å². The Hall–Kier alpha value is -1.73. The quantitative estimate of drug-likeness (QED) is 0.763. The van der Waals surface area contributed by atoms with Crippen LogP contribution in [0.25, 0.3) is 0 Å². The molecule has 0 saturated heterocycles. The van der Waals surface area contributed by atoms with E-state index in [4.69, 9.17) is 16.3 Å². The molecule has 1 fully saturated rings. The lowest BCUT2D eigenvalue weighted by Gasteiger charge is -2.14. The highest BCUT2D eigenvalue weighted by Crippen LogP contribution is 2.25. The Balaban J connectivity index is 1.59. The van der Waals surface area contributed by atoms with E-state index in [9.17, 15) is 4.79 Å². The summed E-state index contributed by atoms with van der Waals surface area (Å²) < 4.78 is 7.72. The number of hydrogen-bond acceptors (Lipinski definition) is 5. The third-order valence-corrected chi connectivity index (χ3v) is 4.87. The Bertz CT molecular complexity index is 733. The van der Waals surface area contributed by atoms with E-state index in [1.165, 1.54) is 11.8 Å². The van der Waals surface area contributed by atoms with Crippen LogP contribution in [0.3, 0.4) is 0 Å². The summed E-state index contributed by atoms with van der Waals surface area (Å²) in [6.45, 7) is 1.90. The first-order chi connectivity index (χ1) is 11.5. The van der Waals surface area contributed by atoms with Gasteiger partial charge in [-0.15, -0.1) is 10.2 Å². The van der Waals surface area contributed by atoms with Crippen LogP contribution in [0.5, 0.6) is 5.75 Å². The molecular weight excluding hydrogens is 348 g/mol. The predicted molar refractivity (Wildman–Crippen MR) is 93.4 cm³/mol. The lowest BCUT2D eigenvalue weighted by molar-refractivity contribution is -0.118. The molecule has 1 aliphatic rings. The zero-order chi connectivity index (χ0) is 17.1. The zero-order valence-corrected chi connectivity index (χ0v) is 15.1. The topological polar surface area (TPSA) is 69.0 Å². The summed E-state index contributed by atoms with van der Waals surface area (Å²) in [5.41, 5.74) is 0. The monoisotopic (exact) mass is 366 g/mol. The Morgan fingerprint density at radius 3 is 3.00 bits per heavy atom. The Kier molecular flexibility index (Phi) is 5.30. The average molecular weight is 367 g/mol. The molecule has 6 nitrogen and oxygen atoms in total. The fourth-order valence-corrected chi connectivity index (χ4v) is 3.14. The standard InChI is InChI=1S/C16H19ClN4O2S/c1-10(23-13-5-3-4-11(17)8-13)15-19-20-16(21(15)2)24-9-14(22)18-12-6-7-12/h3-5,8,10,12H,6-7,9H2,1-2H3,(H,18,22). The third kappa shape index (κ3) is 4.42. The SMILES string of the molecule is CC(Oc1cccc(Cl)c1)c1nnc(SCC(=O)NC2CC2)n1C. The molecule has 1 heterocycles. The van der Waals surface area contributed by atoms with E-state index in [1.807, 2.05) is 30.7 Å². The number of amides is 1. The molecule has 1 saturated carbocycles. The smallest absolute Gasteiger partial charge is 0.230 e. The molecule has 0 radical (unpaired) electrons. The molecule has 1 N–H and O–H groups in total. The first kappa shape index (κ1) is 17.1. The van der Waals surface area contributed by atoms with Crippen molar-refractivity contribution >= 4 is 29.3 Å². The van der Waals surface area contributed by atoms with Gasteiger partial charge in [-0.1, -0.05) is 29.4 Å². The number of thioether (sulfide) groups is 1. The van der Waals surface area contributed by atoms with Crippen LogP contribution in [0.2, 0.25) is 5.02 Å². The second kappa shape index (κ2) is 7.44. The van der Waals surface area contributed by atoms with E-state index < -0.39 is 0 Å². The predicted octanol–water partition coefficient (Wildman–Crippen LogP) is 2.98. The van der Waals surface area contributed by atoms with Crippen LogP contribution in [0.15, 0.2) is 29.4 Å². The normalized spacial score (nSPS) is 15.1. The number of hydrogen-bond donors (Lipinski definition) is 1. The summed E-state index contributed by atoms with van der Waals surface area (Å²) in [6, 6.07) is 7.60. The van der Waals surface area contributed by atoms with Gasteiger partial charge in [-0.3, -0.25) is 4.79 Å². The van der Waals surface area contributed by atoms with Gasteiger partial charge in [0.25, 0.3) is 0 Å². The number of nitrogens with one attached hydrogen (secondary N) is 1. The molecule has 1 aromatic heterocycles. The van der Waals surface area contributed by atoms with E-state index in [-0.39, 0.29) is 12.0 Å². The molecule has 0 aliphatic heterocycles. The van der Waals surface area contributed by atoms with Gasteiger partial charge in [0.2, 0.25) is 5.91 Å². The van der Waals surface area contributed by atoms with Crippen LogP contribution in [0.4, 0.5) is 0 Å². The molecule has 1 unspecified atom stereocenters. The van der Waals surface area contributed by atoms with Gasteiger partial charge in [-0.05, 0) is 38.0 Å². The number of aromatic nitrogens is 3. The van der Waals surface area contributed by atoms with E-state index in [2.05, 4.69) is 15.5 Å². The van der Waals surface area contributed by atoms with Gasteiger partial charge in [0.1, 0.15) is 5.75 Å². The van der Waals surface area contributed by atoms with Gasteiger partial charge in [0.15, 0.2) is 17.1 Å². The summed E-state index contributed by atoms with van der Waals surface area (Å²) >= 11 is 7.34. The number of nitrogens with zero attached hydrogens (tertiary/aromatic N) is 3. The average Bonchev–Trinajstić information content (AvgIpc) is 3.26. The summed E-state index contributed by atoms with van der Waals surface area (Å²) in [4.78, 5) is 11.8. The lowest BCUT2D eigenvalue weighted by atomic mass is 10.3. The first-order valence-corrected chi connectivity index (χ1v) is 9.13. The number of halogens is 1. The van der Waals surface area contributed by atoms with E-state index >= 15 is 0 Å². The highest BCUT2D eigenvalue weighted by atomic mass is 35.5. The van der Waals surface area contributed by atoms with Gasteiger partial charge >= 0.3 is 0 Å². The minimum Gasteiger partial charge on any atom is -0.483 e. The van der Waals surface area contributed by atoms with Crippen molar-refractivity contribution in [3.8, 4) is 5.75 Å². The van der Waals surface area contributed by atoms with E-state index in [1.54, 1.807) is 12.1 Å². The summed E-state index contributed by atoms with van der Waals surface area (Å²) in [6.07, 6.45) is 1.89. The van der Waals surface area contributed by atoms with Crippen molar-refractivity contribution in [3.63, 3.8) is 0 Å². The fourth-order valence-electron chi connectivity index (χ4n) is 2.23. The highest BCUT2D eigenvalue weighted by molar-refractivity contribution is 7.99. The van der Waals surface area contributed by atoms with Crippen molar-refractivity contribution in [1.82, 2.24) is 20.1 Å². The van der Waals surface area contributed by atoms with E-state index in [0.29, 0.717) is 33.5 Å². The maximum Gasteiger partial charge on any atom is 0.230 e. The van der Waals surface area contributed by atoms with Crippen molar-refractivity contribution in [2.24, 2.45) is 7.05 Å². The Morgan fingerprint density at radius 2 is 2.29 bits per heavy atom. The molecule has 0 bridgehead atoms. The van der Waals surface area contributed by atoms with Crippen LogP contribution < -0.4 is 10.1 Å². The first-order valence-electron chi connectivity index (χ1n) is 7.76.